The molecule has 1 fully saturated rings. The van der Waals surface area contributed by atoms with E-state index in [1.165, 1.54) is 26.0 Å². The van der Waals surface area contributed by atoms with Gasteiger partial charge in [-0.25, -0.2) is 4.39 Å². The Morgan fingerprint density at radius 1 is 1.42 bits per heavy atom. The molecule has 0 aromatic heterocycles. The van der Waals surface area contributed by atoms with Crippen LogP contribution >= 0.6 is 0 Å². The van der Waals surface area contributed by atoms with E-state index in [9.17, 15) is 4.39 Å². The molecule has 0 heterocycles. The molecule has 1 aromatic rings. The van der Waals surface area contributed by atoms with Gasteiger partial charge in [0.15, 0.2) is 0 Å². The zero-order chi connectivity index (χ0) is 13.7. The number of ether oxygens (including phenoxy) is 1. The van der Waals surface area contributed by atoms with Crippen molar-refractivity contribution in [3.05, 3.63) is 29.6 Å². The lowest BCUT2D eigenvalue weighted by Crippen LogP contribution is -2.33. The van der Waals surface area contributed by atoms with Crippen LogP contribution in [0.3, 0.4) is 0 Å². The van der Waals surface area contributed by atoms with Crippen molar-refractivity contribution in [2.45, 2.75) is 38.3 Å². The minimum absolute atomic E-state index is 0.264. The van der Waals surface area contributed by atoms with Crippen LogP contribution in [0.5, 0.6) is 5.75 Å². The Morgan fingerprint density at radius 3 is 2.74 bits per heavy atom. The third kappa shape index (κ3) is 3.45. The van der Waals surface area contributed by atoms with E-state index in [-0.39, 0.29) is 5.82 Å². The van der Waals surface area contributed by atoms with Gasteiger partial charge in [0.25, 0.3) is 0 Å². The summed E-state index contributed by atoms with van der Waals surface area (Å²) in [5, 5.41) is 8.92. The van der Waals surface area contributed by atoms with Crippen molar-refractivity contribution in [3.63, 3.8) is 0 Å². The van der Waals surface area contributed by atoms with Gasteiger partial charge in [0.05, 0.1) is 19.7 Å². The van der Waals surface area contributed by atoms with Crippen LogP contribution in [0.25, 0.3) is 0 Å². The lowest BCUT2D eigenvalue weighted by molar-refractivity contribution is 0.211. The van der Waals surface area contributed by atoms with Gasteiger partial charge in [-0.3, -0.25) is 4.90 Å². The topological polar surface area (TPSA) is 36.3 Å². The van der Waals surface area contributed by atoms with Crippen molar-refractivity contribution < 1.29 is 9.13 Å². The second-order valence-corrected chi connectivity index (χ2v) is 4.96. The summed E-state index contributed by atoms with van der Waals surface area (Å²) < 4.78 is 18.9. The van der Waals surface area contributed by atoms with Crippen LogP contribution in [0.4, 0.5) is 4.39 Å². The highest BCUT2D eigenvalue weighted by Gasteiger charge is 2.23. The molecule has 0 spiro atoms. The van der Waals surface area contributed by atoms with Crippen LogP contribution < -0.4 is 4.74 Å². The third-order valence-electron chi connectivity index (χ3n) is 3.75. The smallest absolute Gasteiger partial charge is 0.131 e. The third-order valence-corrected chi connectivity index (χ3v) is 3.75. The van der Waals surface area contributed by atoms with E-state index in [0.717, 1.165) is 12.8 Å². The molecule has 0 radical (unpaired) electrons. The molecular weight excluding hydrogens is 243 g/mol. The van der Waals surface area contributed by atoms with E-state index in [4.69, 9.17) is 10.00 Å². The summed E-state index contributed by atoms with van der Waals surface area (Å²) in [7, 11) is 1.52. The molecule has 1 saturated carbocycles. The molecule has 4 heteroatoms. The maximum atomic E-state index is 13.9. The highest BCUT2D eigenvalue weighted by molar-refractivity contribution is 5.29. The molecule has 0 bridgehead atoms. The van der Waals surface area contributed by atoms with Crippen molar-refractivity contribution in [1.29, 1.82) is 5.26 Å². The zero-order valence-corrected chi connectivity index (χ0v) is 11.2. The zero-order valence-electron chi connectivity index (χ0n) is 11.2. The lowest BCUT2D eigenvalue weighted by atomic mass is 10.1. The quantitative estimate of drug-likeness (QED) is 0.765. The number of benzene rings is 1. The standard InChI is InChI=1S/C15H19FN2O/c1-19-14-7-6-12(15(16)10-14)11-18(9-8-17)13-4-2-3-5-13/h6-7,10,13H,2-5,9,11H2,1H3. The van der Waals surface area contributed by atoms with Gasteiger partial charge in [-0.1, -0.05) is 18.9 Å². The largest absolute Gasteiger partial charge is 0.497 e. The molecule has 0 N–H and O–H groups in total. The van der Waals surface area contributed by atoms with Crippen LogP contribution in [0.2, 0.25) is 0 Å². The van der Waals surface area contributed by atoms with Gasteiger partial charge in [0.2, 0.25) is 0 Å². The Labute approximate surface area is 113 Å². The minimum Gasteiger partial charge on any atom is -0.497 e. The maximum Gasteiger partial charge on any atom is 0.131 e. The highest BCUT2D eigenvalue weighted by Crippen LogP contribution is 2.26. The molecule has 0 atom stereocenters. The first kappa shape index (κ1) is 13.8. The van der Waals surface area contributed by atoms with Crippen LogP contribution in [-0.4, -0.2) is 24.6 Å². The molecule has 0 aliphatic heterocycles. The molecular formula is C15H19FN2O. The molecule has 1 aliphatic rings. The van der Waals surface area contributed by atoms with Crippen molar-refractivity contribution in [3.8, 4) is 11.8 Å². The van der Waals surface area contributed by atoms with Crippen molar-refractivity contribution in [2.75, 3.05) is 13.7 Å². The lowest BCUT2D eigenvalue weighted by Gasteiger charge is -2.26. The normalized spacial score (nSPS) is 15.7. The molecule has 0 unspecified atom stereocenters. The minimum atomic E-state index is -0.264. The van der Waals surface area contributed by atoms with Crippen molar-refractivity contribution in [2.24, 2.45) is 0 Å². The first-order valence-electron chi connectivity index (χ1n) is 6.68. The molecule has 19 heavy (non-hydrogen) atoms. The van der Waals surface area contributed by atoms with Gasteiger partial charge in [-0.2, -0.15) is 5.26 Å². The second kappa shape index (κ2) is 6.53. The molecule has 1 aliphatic carbocycles. The number of rotatable bonds is 5. The van der Waals surface area contributed by atoms with Crippen molar-refractivity contribution >= 4 is 0 Å². The van der Waals surface area contributed by atoms with Gasteiger partial charge in [-0.15, -0.1) is 0 Å². The van der Waals surface area contributed by atoms with E-state index in [2.05, 4.69) is 11.0 Å². The van der Waals surface area contributed by atoms with Crippen LogP contribution in [0, 0.1) is 17.1 Å². The SMILES string of the molecule is COc1ccc(CN(CC#N)C2CCCC2)c(F)c1. The number of hydrogen-bond donors (Lipinski definition) is 0. The van der Waals surface area contributed by atoms with E-state index >= 15 is 0 Å². The number of halogens is 1. The monoisotopic (exact) mass is 262 g/mol. The number of nitriles is 1. The Hall–Kier alpha value is -1.60. The van der Waals surface area contributed by atoms with Gasteiger partial charge < -0.3 is 4.74 Å². The fourth-order valence-corrected chi connectivity index (χ4v) is 2.68. The first-order chi connectivity index (χ1) is 9.24. The van der Waals surface area contributed by atoms with Crippen LogP contribution in [0.1, 0.15) is 31.2 Å². The molecule has 2 rings (SSSR count). The number of methoxy groups -OCH3 is 1. The molecule has 0 saturated heterocycles. The van der Waals surface area contributed by atoms with Gasteiger partial charge in [0.1, 0.15) is 11.6 Å². The summed E-state index contributed by atoms with van der Waals surface area (Å²) in [5.74, 6) is 0.259. The fourth-order valence-electron chi connectivity index (χ4n) is 2.68. The Kier molecular flexibility index (Phi) is 4.75. The van der Waals surface area contributed by atoms with Gasteiger partial charge >= 0.3 is 0 Å². The second-order valence-electron chi connectivity index (χ2n) is 4.96. The van der Waals surface area contributed by atoms with Crippen molar-refractivity contribution in [1.82, 2.24) is 4.90 Å². The predicted octanol–water partition coefficient (Wildman–Crippen LogP) is 3.10. The first-order valence-corrected chi connectivity index (χ1v) is 6.68. The summed E-state index contributed by atoms with van der Waals surface area (Å²) >= 11 is 0. The maximum absolute atomic E-state index is 13.9. The molecule has 102 valence electrons. The summed E-state index contributed by atoms with van der Waals surface area (Å²) in [6.07, 6.45) is 4.63. The predicted molar refractivity (Wildman–Crippen MR) is 71.2 cm³/mol. The van der Waals surface area contributed by atoms with Crippen LogP contribution in [0.15, 0.2) is 18.2 Å². The Bertz CT molecular complexity index is 464. The van der Waals surface area contributed by atoms with E-state index < -0.39 is 0 Å². The molecule has 0 amide bonds. The number of nitrogens with zero attached hydrogens (tertiary/aromatic N) is 2. The Balaban J connectivity index is 2.10. The Morgan fingerprint density at radius 2 is 2.16 bits per heavy atom. The van der Waals surface area contributed by atoms with Gasteiger partial charge in [0, 0.05) is 24.2 Å². The average Bonchev–Trinajstić information content (AvgIpc) is 2.94. The van der Waals surface area contributed by atoms with E-state index in [0.29, 0.717) is 30.4 Å². The summed E-state index contributed by atoms with van der Waals surface area (Å²) in [5.41, 5.74) is 0.628. The summed E-state index contributed by atoms with van der Waals surface area (Å²) in [6, 6.07) is 7.51. The van der Waals surface area contributed by atoms with Crippen LogP contribution in [-0.2, 0) is 6.54 Å². The highest BCUT2D eigenvalue weighted by atomic mass is 19.1. The number of hydrogen-bond acceptors (Lipinski definition) is 3. The fraction of sp³-hybridized carbons (Fsp3) is 0.533. The summed E-state index contributed by atoms with van der Waals surface area (Å²) in [4.78, 5) is 2.08. The van der Waals surface area contributed by atoms with E-state index in [1.54, 1.807) is 12.1 Å². The average molecular weight is 262 g/mol. The van der Waals surface area contributed by atoms with Gasteiger partial charge in [-0.05, 0) is 18.9 Å². The molecule has 3 nitrogen and oxygen atoms in total. The van der Waals surface area contributed by atoms with E-state index in [1.807, 2.05) is 0 Å². The molecule has 1 aromatic carbocycles. The summed E-state index contributed by atoms with van der Waals surface area (Å²) in [6.45, 7) is 0.851.